The van der Waals surface area contributed by atoms with Crippen molar-refractivity contribution in [2.45, 2.75) is 19.1 Å². The van der Waals surface area contributed by atoms with Crippen LogP contribution in [0.15, 0.2) is 0 Å². The third kappa shape index (κ3) is 2.95. The molecule has 2 atom stereocenters. The average molecular weight is 189 g/mol. The summed E-state index contributed by atoms with van der Waals surface area (Å²) in [5.41, 5.74) is 5.36. The summed E-state index contributed by atoms with van der Waals surface area (Å²) in [6.45, 7) is 3.12. The van der Waals surface area contributed by atoms with Crippen LogP contribution in [0.4, 0.5) is 0 Å². The number of rotatable bonds is 3. The van der Waals surface area contributed by atoms with Crippen LogP contribution < -0.4 is 5.73 Å². The van der Waals surface area contributed by atoms with E-state index in [0.29, 0.717) is 19.8 Å². The highest BCUT2D eigenvalue weighted by atomic mass is 16.6. The first-order valence-corrected chi connectivity index (χ1v) is 4.37. The number of esters is 1. The summed E-state index contributed by atoms with van der Waals surface area (Å²) >= 11 is 0. The lowest BCUT2D eigenvalue weighted by molar-refractivity contribution is -0.179. The van der Waals surface area contributed by atoms with E-state index < -0.39 is 6.10 Å². The van der Waals surface area contributed by atoms with Crippen LogP contribution in [0, 0.1) is 0 Å². The van der Waals surface area contributed by atoms with Crippen LogP contribution in [0.3, 0.4) is 0 Å². The molecule has 5 nitrogen and oxygen atoms in total. The maximum atomic E-state index is 11.1. The number of carbonyl (C=O) groups excluding carboxylic acids is 1. The molecule has 1 aliphatic heterocycles. The second-order valence-corrected chi connectivity index (χ2v) is 2.77. The van der Waals surface area contributed by atoms with Crippen LogP contribution >= 0.6 is 0 Å². The van der Waals surface area contributed by atoms with E-state index >= 15 is 0 Å². The van der Waals surface area contributed by atoms with Crippen LogP contribution in [0.1, 0.15) is 6.92 Å². The van der Waals surface area contributed by atoms with Gasteiger partial charge in [0.25, 0.3) is 0 Å². The molecular formula is C8H15NO4. The predicted octanol–water partition coefficient (Wildman–Crippen LogP) is -0.708. The molecule has 1 fully saturated rings. The smallest absolute Gasteiger partial charge is 0.337 e. The molecule has 0 aliphatic carbocycles. The van der Waals surface area contributed by atoms with E-state index in [1.165, 1.54) is 0 Å². The Morgan fingerprint density at radius 1 is 1.54 bits per heavy atom. The van der Waals surface area contributed by atoms with Gasteiger partial charge in [-0.2, -0.15) is 0 Å². The highest BCUT2D eigenvalue weighted by molar-refractivity contribution is 5.74. The monoisotopic (exact) mass is 189 g/mol. The fourth-order valence-electron chi connectivity index (χ4n) is 1.05. The van der Waals surface area contributed by atoms with Crippen molar-refractivity contribution in [3.05, 3.63) is 0 Å². The first-order chi connectivity index (χ1) is 6.27. The molecular weight excluding hydrogens is 174 g/mol. The van der Waals surface area contributed by atoms with E-state index in [0.717, 1.165) is 0 Å². The van der Waals surface area contributed by atoms with Crippen molar-refractivity contribution >= 4 is 5.97 Å². The molecule has 0 aromatic heterocycles. The van der Waals surface area contributed by atoms with Crippen molar-refractivity contribution in [1.82, 2.24) is 0 Å². The standard InChI is InChI=1S/C8H15NO4/c1-2-11-8(10)7-5-12-6(3-9)4-13-7/h6-7H,2-5,9H2,1H3/t6-,7-/m0/s1. The van der Waals surface area contributed by atoms with Crippen molar-refractivity contribution in [3.8, 4) is 0 Å². The van der Waals surface area contributed by atoms with Crippen molar-refractivity contribution < 1.29 is 19.0 Å². The van der Waals surface area contributed by atoms with Gasteiger partial charge in [-0.1, -0.05) is 0 Å². The first kappa shape index (κ1) is 10.4. The minimum atomic E-state index is -0.581. The van der Waals surface area contributed by atoms with Crippen molar-refractivity contribution in [3.63, 3.8) is 0 Å². The first-order valence-electron chi connectivity index (χ1n) is 4.37. The highest BCUT2D eigenvalue weighted by Crippen LogP contribution is 2.07. The Labute approximate surface area is 77.1 Å². The zero-order chi connectivity index (χ0) is 9.68. The molecule has 2 N–H and O–H groups in total. The van der Waals surface area contributed by atoms with Crippen molar-refractivity contribution in [2.24, 2.45) is 5.73 Å². The fourth-order valence-corrected chi connectivity index (χ4v) is 1.05. The Kier molecular flexibility index (Phi) is 4.14. The number of hydrogen-bond acceptors (Lipinski definition) is 5. The molecule has 0 amide bonds. The van der Waals surface area contributed by atoms with Gasteiger partial charge in [-0.25, -0.2) is 4.79 Å². The number of nitrogens with two attached hydrogens (primary N) is 1. The maximum absolute atomic E-state index is 11.1. The van der Waals surface area contributed by atoms with Gasteiger partial charge in [0.15, 0.2) is 6.10 Å². The summed E-state index contributed by atoms with van der Waals surface area (Å²) < 4.78 is 15.2. The SMILES string of the molecule is CCOC(=O)[C@@H]1CO[C@@H](CN)CO1. The summed E-state index contributed by atoms with van der Waals surface area (Å²) in [5.74, 6) is -0.363. The Morgan fingerprint density at radius 3 is 2.77 bits per heavy atom. The zero-order valence-electron chi connectivity index (χ0n) is 7.69. The van der Waals surface area contributed by atoms with Crippen LogP contribution in [-0.4, -0.2) is 44.5 Å². The number of carbonyl (C=O) groups is 1. The lowest BCUT2D eigenvalue weighted by atomic mass is 10.3. The summed E-state index contributed by atoms with van der Waals surface area (Å²) in [4.78, 5) is 11.1. The van der Waals surface area contributed by atoms with Crippen LogP contribution in [-0.2, 0) is 19.0 Å². The minimum absolute atomic E-state index is 0.0920. The third-order valence-corrected chi connectivity index (χ3v) is 1.78. The van der Waals surface area contributed by atoms with Crippen LogP contribution in [0.2, 0.25) is 0 Å². The molecule has 76 valence electrons. The van der Waals surface area contributed by atoms with E-state index in [1.54, 1.807) is 6.92 Å². The molecule has 13 heavy (non-hydrogen) atoms. The van der Waals surface area contributed by atoms with Gasteiger partial charge >= 0.3 is 5.97 Å². The van der Waals surface area contributed by atoms with Gasteiger partial charge in [-0.3, -0.25) is 0 Å². The Balaban J connectivity index is 2.28. The minimum Gasteiger partial charge on any atom is -0.464 e. The predicted molar refractivity (Wildman–Crippen MR) is 45.2 cm³/mol. The van der Waals surface area contributed by atoms with E-state index in [9.17, 15) is 4.79 Å². The molecule has 1 saturated heterocycles. The highest BCUT2D eigenvalue weighted by Gasteiger charge is 2.27. The van der Waals surface area contributed by atoms with Gasteiger partial charge < -0.3 is 19.9 Å². The molecule has 0 aromatic carbocycles. The summed E-state index contributed by atoms with van der Waals surface area (Å²) in [6.07, 6.45) is -0.673. The normalized spacial score (nSPS) is 28.5. The molecule has 0 aromatic rings. The molecule has 0 saturated carbocycles. The van der Waals surface area contributed by atoms with Gasteiger partial charge in [0.1, 0.15) is 0 Å². The van der Waals surface area contributed by atoms with E-state index in [4.69, 9.17) is 19.9 Å². The van der Waals surface area contributed by atoms with Gasteiger partial charge in [0.2, 0.25) is 0 Å². The van der Waals surface area contributed by atoms with Crippen molar-refractivity contribution in [1.29, 1.82) is 0 Å². The summed E-state index contributed by atoms with van der Waals surface area (Å²) in [5, 5.41) is 0. The summed E-state index contributed by atoms with van der Waals surface area (Å²) in [6, 6.07) is 0. The molecule has 5 heteroatoms. The number of ether oxygens (including phenoxy) is 3. The van der Waals surface area contributed by atoms with Crippen LogP contribution in [0.25, 0.3) is 0 Å². The van der Waals surface area contributed by atoms with E-state index in [-0.39, 0.29) is 18.7 Å². The quantitative estimate of drug-likeness (QED) is 0.594. The largest absolute Gasteiger partial charge is 0.464 e. The molecule has 1 heterocycles. The molecule has 1 rings (SSSR count). The Morgan fingerprint density at radius 2 is 2.31 bits per heavy atom. The molecule has 0 unspecified atom stereocenters. The molecule has 1 aliphatic rings. The van der Waals surface area contributed by atoms with Gasteiger partial charge in [-0.15, -0.1) is 0 Å². The second kappa shape index (κ2) is 5.16. The van der Waals surface area contributed by atoms with Crippen LogP contribution in [0.5, 0.6) is 0 Å². The molecule has 0 radical (unpaired) electrons. The molecule has 0 spiro atoms. The summed E-state index contributed by atoms with van der Waals surface area (Å²) in [7, 11) is 0. The maximum Gasteiger partial charge on any atom is 0.337 e. The van der Waals surface area contributed by atoms with Gasteiger partial charge in [-0.05, 0) is 6.92 Å². The Hall–Kier alpha value is -0.650. The van der Waals surface area contributed by atoms with Gasteiger partial charge in [0, 0.05) is 6.54 Å². The lowest BCUT2D eigenvalue weighted by Gasteiger charge is -2.27. The van der Waals surface area contributed by atoms with E-state index in [1.807, 2.05) is 0 Å². The van der Waals surface area contributed by atoms with Crippen molar-refractivity contribution in [2.75, 3.05) is 26.4 Å². The zero-order valence-corrected chi connectivity index (χ0v) is 7.69. The second-order valence-electron chi connectivity index (χ2n) is 2.77. The topological polar surface area (TPSA) is 70.8 Å². The molecule has 0 bridgehead atoms. The lowest BCUT2D eigenvalue weighted by Crippen LogP contribution is -2.43. The third-order valence-electron chi connectivity index (χ3n) is 1.78. The van der Waals surface area contributed by atoms with Gasteiger partial charge in [0.05, 0.1) is 25.9 Å². The number of hydrogen-bond donors (Lipinski definition) is 1. The average Bonchev–Trinajstić information content (AvgIpc) is 2.18. The van der Waals surface area contributed by atoms with E-state index in [2.05, 4.69) is 0 Å². The Bertz CT molecular complexity index is 166. The fraction of sp³-hybridized carbons (Fsp3) is 0.875.